The predicted molar refractivity (Wildman–Crippen MR) is 81.5 cm³/mol. The molecule has 0 aliphatic carbocycles. The molecule has 0 bridgehead atoms. The van der Waals surface area contributed by atoms with Crippen LogP contribution in [0.5, 0.6) is 0 Å². The molecule has 5 nitrogen and oxygen atoms in total. The Labute approximate surface area is 119 Å². The normalized spacial score (nSPS) is 13.4. The Morgan fingerprint density at radius 3 is 2.50 bits per heavy atom. The molecule has 0 saturated carbocycles. The Bertz CT molecular complexity index is 500. The Hall–Kier alpha value is -1.88. The van der Waals surface area contributed by atoms with Crippen molar-refractivity contribution in [3.63, 3.8) is 0 Å². The summed E-state index contributed by atoms with van der Waals surface area (Å²) >= 11 is 0. The molecule has 0 radical (unpaired) electrons. The van der Waals surface area contributed by atoms with Crippen LogP contribution in [0.2, 0.25) is 0 Å². The summed E-state index contributed by atoms with van der Waals surface area (Å²) in [6.45, 7) is 7.28. The highest BCUT2D eigenvalue weighted by Gasteiger charge is 2.19. The predicted octanol–water partition coefficient (Wildman–Crippen LogP) is 2.27. The molecule has 2 atom stereocenters. The Morgan fingerprint density at radius 1 is 1.30 bits per heavy atom. The van der Waals surface area contributed by atoms with Gasteiger partial charge in [0.15, 0.2) is 0 Å². The van der Waals surface area contributed by atoms with Crippen molar-refractivity contribution in [3.05, 3.63) is 23.8 Å². The van der Waals surface area contributed by atoms with Crippen molar-refractivity contribution in [3.8, 4) is 0 Å². The van der Waals surface area contributed by atoms with E-state index >= 15 is 0 Å². The third kappa shape index (κ3) is 4.35. The van der Waals surface area contributed by atoms with E-state index in [-0.39, 0.29) is 17.7 Å². The molecular formula is C15H23N3O2. The average molecular weight is 277 g/mol. The van der Waals surface area contributed by atoms with Gasteiger partial charge in [0.2, 0.25) is 11.8 Å². The summed E-state index contributed by atoms with van der Waals surface area (Å²) in [6.07, 6.45) is 0.847. The third-order valence-electron chi connectivity index (χ3n) is 3.38. The molecule has 0 spiro atoms. The number of amides is 2. The topological polar surface area (TPSA) is 84.2 Å². The molecule has 1 unspecified atom stereocenters. The van der Waals surface area contributed by atoms with Gasteiger partial charge in [0.05, 0.1) is 6.04 Å². The van der Waals surface area contributed by atoms with E-state index in [1.54, 1.807) is 12.1 Å². The van der Waals surface area contributed by atoms with Crippen LogP contribution in [0, 0.1) is 12.8 Å². The summed E-state index contributed by atoms with van der Waals surface area (Å²) in [7, 11) is 0. The van der Waals surface area contributed by atoms with E-state index in [9.17, 15) is 9.59 Å². The van der Waals surface area contributed by atoms with Gasteiger partial charge in [-0.25, -0.2) is 0 Å². The van der Waals surface area contributed by atoms with Crippen molar-refractivity contribution in [1.29, 1.82) is 0 Å². The van der Waals surface area contributed by atoms with Crippen molar-refractivity contribution in [2.24, 2.45) is 11.7 Å². The Kier molecular flexibility index (Phi) is 5.70. The Morgan fingerprint density at radius 2 is 1.95 bits per heavy atom. The zero-order valence-corrected chi connectivity index (χ0v) is 12.5. The van der Waals surface area contributed by atoms with Crippen molar-refractivity contribution >= 4 is 23.2 Å². The summed E-state index contributed by atoms with van der Waals surface area (Å²) in [6, 6.07) is 4.83. The van der Waals surface area contributed by atoms with Crippen LogP contribution in [-0.2, 0) is 9.59 Å². The maximum atomic E-state index is 12.0. The lowest BCUT2D eigenvalue weighted by molar-refractivity contribution is -0.118. The second-order valence-corrected chi connectivity index (χ2v) is 5.11. The van der Waals surface area contributed by atoms with E-state index in [0.29, 0.717) is 11.4 Å². The minimum absolute atomic E-state index is 0.121. The SMILES string of the molecule is CCC(C)[C@H](N)C(=O)Nc1ccc(C)c(NC(C)=O)c1. The van der Waals surface area contributed by atoms with Crippen LogP contribution >= 0.6 is 0 Å². The number of nitrogens with one attached hydrogen (secondary N) is 2. The largest absolute Gasteiger partial charge is 0.326 e. The van der Waals surface area contributed by atoms with Crippen LogP contribution in [0.25, 0.3) is 0 Å². The lowest BCUT2D eigenvalue weighted by atomic mass is 9.99. The fourth-order valence-electron chi connectivity index (χ4n) is 1.76. The first-order valence-corrected chi connectivity index (χ1v) is 6.79. The molecule has 1 rings (SSSR count). The van der Waals surface area contributed by atoms with Crippen LogP contribution in [0.4, 0.5) is 11.4 Å². The lowest BCUT2D eigenvalue weighted by Gasteiger charge is -2.18. The van der Waals surface area contributed by atoms with Crippen LogP contribution in [0.15, 0.2) is 18.2 Å². The van der Waals surface area contributed by atoms with Crippen molar-refractivity contribution < 1.29 is 9.59 Å². The smallest absolute Gasteiger partial charge is 0.241 e. The van der Waals surface area contributed by atoms with Gasteiger partial charge in [-0.15, -0.1) is 0 Å². The van der Waals surface area contributed by atoms with Gasteiger partial charge in [0.25, 0.3) is 0 Å². The maximum Gasteiger partial charge on any atom is 0.241 e. The zero-order chi connectivity index (χ0) is 15.3. The number of nitrogens with two attached hydrogens (primary N) is 1. The second-order valence-electron chi connectivity index (χ2n) is 5.11. The molecule has 0 fully saturated rings. The molecule has 0 aromatic heterocycles. The van der Waals surface area contributed by atoms with Gasteiger partial charge in [0, 0.05) is 18.3 Å². The fraction of sp³-hybridized carbons (Fsp3) is 0.467. The van der Waals surface area contributed by atoms with E-state index in [0.717, 1.165) is 12.0 Å². The van der Waals surface area contributed by atoms with E-state index in [1.807, 2.05) is 26.8 Å². The quantitative estimate of drug-likeness (QED) is 0.772. The number of hydrogen-bond acceptors (Lipinski definition) is 3. The van der Waals surface area contributed by atoms with Gasteiger partial charge >= 0.3 is 0 Å². The molecule has 4 N–H and O–H groups in total. The number of rotatable bonds is 5. The highest BCUT2D eigenvalue weighted by Crippen LogP contribution is 2.20. The standard InChI is InChI=1S/C15H23N3O2/c1-5-9(2)14(16)15(20)18-12-7-6-10(3)13(8-12)17-11(4)19/h6-9,14H,5,16H2,1-4H3,(H,17,19)(H,18,20)/t9?,14-/m0/s1. The highest BCUT2D eigenvalue weighted by molar-refractivity contribution is 5.96. The maximum absolute atomic E-state index is 12.0. The molecular weight excluding hydrogens is 254 g/mol. The number of carbonyl (C=O) groups is 2. The van der Waals surface area contributed by atoms with Gasteiger partial charge in [-0.3, -0.25) is 9.59 Å². The van der Waals surface area contributed by atoms with Gasteiger partial charge < -0.3 is 16.4 Å². The Balaban J connectivity index is 2.82. The summed E-state index contributed by atoms with van der Waals surface area (Å²) in [5.74, 6) is -0.236. The first-order valence-electron chi connectivity index (χ1n) is 6.79. The van der Waals surface area contributed by atoms with Crippen LogP contribution in [-0.4, -0.2) is 17.9 Å². The first-order chi connectivity index (χ1) is 9.35. The first kappa shape index (κ1) is 16.2. The van der Waals surface area contributed by atoms with E-state index in [2.05, 4.69) is 10.6 Å². The molecule has 0 aliphatic rings. The number of hydrogen-bond donors (Lipinski definition) is 3. The molecule has 20 heavy (non-hydrogen) atoms. The molecule has 2 amide bonds. The summed E-state index contributed by atoms with van der Waals surface area (Å²) < 4.78 is 0. The van der Waals surface area contributed by atoms with Gasteiger partial charge in [-0.2, -0.15) is 0 Å². The van der Waals surface area contributed by atoms with Gasteiger partial charge in [0.1, 0.15) is 0 Å². The molecule has 5 heteroatoms. The van der Waals surface area contributed by atoms with Crippen molar-refractivity contribution in [2.45, 2.75) is 40.2 Å². The minimum atomic E-state index is -0.537. The minimum Gasteiger partial charge on any atom is -0.326 e. The molecule has 0 aliphatic heterocycles. The van der Waals surface area contributed by atoms with Gasteiger partial charge in [-0.05, 0) is 30.5 Å². The zero-order valence-electron chi connectivity index (χ0n) is 12.5. The third-order valence-corrected chi connectivity index (χ3v) is 3.38. The summed E-state index contributed by atoms with van der Waals surface area (Å²) in [5.41, 5.74) is 8.14. The number of anilines is 2. The van der Waals surface area contributed by atoms with E-state index in [4.69, 9.17) is 5.73 Å². The van der Waals surface area contributed by atoms with Crippen LogP contribution < -0.4 is 16.4 Å². The average Bonchev–Trinajstić information content (AvgIpc) is 2.40. The summed E-state index contributed by atoms with van der Waals surface area (Å²) in [5, 5.41) is 5.51. The van der Waals surface area contributed by atoms with E-state index < -0.39 is 6.04 Å². The summed E-state index contributed by atoms with van der Waals surface area (Å²) in [4.78, 5) is 23.1. The van der Waals surface area contributed by atoms with E-state index in [1.165, 1.54) is 6.92 Å². The number of benzene rings is 1. The monoisotopic (exact) mass is 277 g/mol. The fourth-order valence-corrected chi connectivity index (χ4v) is 1.76. The highest BCUT2D eigenvalue weighted by atomic mass is 16.2. The van der Waals surface area contributed by atoms with Crippen molar-refractivity contribution in [1.82, 2.24) is 0 Å². The molecule has 0 heterocycles. The number of aryl methyl sites for hydroxylation is 1. The second kappa shape index (κ2) is 7.05. The molecule has 0 saturated heterocycles. The molecule has 1 aromatic carbocycles. The van der Waals surface area contributed by atoms with Gasteiger partial charge in [-0.1, -0.05) is 26.3 Å². The van der Waals surface area contributed by atoms with Crippen LogP contribution in [0.1, 0.15) is 32.8 Å². The number of carbonyl (C=O) groups excluding carboxylic acids is 2. The van der Waals surface area contributed by atoms with Crippen LogP contribution in [0.3, 0.4) is 0 Å². The lowest BCUT2D eigenvalue weighted by Crippen LogP contribution is -2.40. The molecule has 1 aromatic rings. The molecule has 110 valence electrons. The van der Waals surface area contributed by atoms with Crippen molar-refractivity contribution in [2.75, 3.05) is 10.6 Å².